The second-order valence-electron chi connectivity index (χ2n) is 3.97. The quantitative estimate of drug-likeness (QED) is 0.636. The van der Waals surface area contributed by atoms with Gasteiger partial charge in [-0.2, -0.15) is 0 Å². The lowest BCUT2D eigenvalue weighted by molar-refractivity contribution is -0.137. The monoisotopic (exact) mass is 272 g/mol. The fraction of sp³-hybridized carbons (Fsp3) is 0.143. The Bertz CT molecular complexity index is 701. The number of carbonyl (C=O) groups is 1. The summed E-state index contributed by atoms with van der Waals surface area (Å²) in [6.45, 7) is 2.18. The second kappa shape index (κ2) is 4.93. The van der Waals surface area contributed by atoms with Crippen molar-refractivity contribution in [2.45, 2.75) is 11.9 Å². The molecule has 1 aliphatic heterocycles. The molecule has 96 valence electrons. The van der Waals surface area contributed by atoms with E-state index in [1.165, 1.54) is 6.08 Å². The van der Waals surface area contributed by atoms with Crippen LogP contribution in [0.2, 0.25) is 0 Å². The number of rotatable bonds is 3. The molecule has 19 heavy (non-hydrogen) atoms. The summed E-state index contributed by atoms with van der Waals surface area (Å²) in [5.41, 5.74) is 1.96. The number of esters is 1. The van der Waals surface area contributed by atoms with Gasteiger partial charge in [0.1, 0.15) is 5.65 Å². The first-order valence-electron chi connectivity index (χ1n) is 5.99. The van der Waals surface area contributed by atoms with Crippen LogP contribution in [0, 0.1) is 0 Å². The van der Waals surface area contributed by atoms with Crippen molar-refractivity contribution in [2.24, 2.45) is 0 Å². The summed E-state index contributed by atoms with van der Waals surface area (Å²) in [7, 11) is 0. The largest absolute Gasteiger partial charge is 0.463 e. The molecule has 3 rings (SSSR count). The molecule has 0 atom stereocenters. The lowest BCUT2D eigenvalue weighted by atomic mass is 10.3. The maximum Gasteiger partial charge on any atom is 0.330 e. The molecule has 0 radical (unpaired) electrons. The lowest BCUT2D eigenvalue weighted by Crippen LogP contribution is -2.00. The molecule has 0 spiro atoms. The molecule has 0 fully saturated rings. The number of allylic oxidation sites excluding steroid dienone is 1. The number of nitrogens with zero attached hydrogens (tertiary/aromatic N) is 2. The molecule has 0 saturated heterocycles. The summed E-state index contributed by atoms with van der Waals surface area (Å²) < 4.78 is 6.95. The fourth-order valence-corrected chi connectivity index (χ4v) is 2.92. The van der Waals surface area contributed by atoms with Gasteiger partial charge in [-0.1, -0.05) is 17.8 Å². The minimum Gasteiger partial charge on any atom is -0.463 e. The Labute approximate surface area is 114 Å². The highest BCUT2D eigenvalue weighted by Gasteiger charge is 2.13. The third kappa shape index (κ3) is 2.29. The van der Waals surface area contributed by atoms with Crippen molar-refractivity contribution in [3.8, 4) is 0 Å². The standard InChI is InChI=1S/C14H12N2O2S/c1-2-18-14(17)7-6-11-8-10-9-15-12-4-3-5-13(19-11)16(10)12/h3-9H,2H2,1H3/b7-6+. The molecule has 1 aliphatic rings. The second-order valence-corrected chi connectivity index (χ2v) is 5.07. The molecule has 2 aromatic heterocycles. The van der Waals surface area contributed by atoms with Gasteiger partial charge >= 0.3 is 5.97 Å². The van der Waals surface area contributed by atoms with Crippen LogP contribution in [0.5, 0.6) is 0 Å². The molecule has 0 aromatic carbocycles. The summed E-state index contributed by atoms with van der Waals surface area (Å²) in [4.78, 5) is 16.6. The maximum atomic E-state index is 11.3. The van der Waals surface area contributed by atoms with Crippen molar-refractivity contribution in [1.29, 1.82) is 0 Å². The number of thioether (sulfide) groups is 1. The first-order chi connectivity index (χ1) is 9.28. The van der Waals surface area contributed by atoms with E-state index in [0.29, 0.717) is 6.61 Å². The van der Waals surface area contributed by atoms with Gasteiger partial charge in [-0.15, -0.1) is 0 Å². The normalized spacial score (nSPS) is 13.8. The minimum absolute atomic E-state index is 0.318. The molecule has 0 amide bonds. The highest BCUT2D eigenvalue weighted by Crippen LogP contribution is 2.34. The number of aromatic nitrogens is 2. The first-order valence-corrected chi connectivity index (χ1v) is 6.80. The van der Waals surface area contributed by atoms with Gasteiger partial charge < -0.3 is 4.74 Å². The Balaban J connectivity index is 1.91. The predicted octanol–water partition coefficient (Wildman–Crippen LogP) is 2.90. The zero-order chi connectivity index (χ0) is 13.2. The number of imidazole rings is 1. The van der Waals surface area contributed by atoms with E-state index in [0.717, 1.165) is 21.3 Å². The Morgan fingerprint density at radius 1 is 1.53 bits per heavy atom. The van der Waals surface area contributed by atoms with E-state index in [4.69, 9.17) is 4.74 Å². The van der Waals surface area contributed by atoms with Crippen molar-refractivity contribution < 1.29 is 9.53 Å². The molecule has 3 heterocycles. The van der Waals surface area contributed by atoms with Crippen LogP contribution in [0.25, 0.3) is 11.7 Å². The first kappa shape index (κ1) is 12.0. The smallest absolute Gasteiger partial charge is 0.330 e. The molecule has 0 bridgehead atoms. The van der Waals surface area contributed by atoms with E-state index in [1.807, 2.05) is 30.5 Å². The average Bonchev–Trinajstić information content (AvgIpc) is 2.82. The van der Waals surface area contributed by atoms with Gasteiger partial charge in [0, 0.05) is 11.0 Å². The summed E-state index contributed by atoms with van der Waals surface area (Å²) in [5, 5.41) is 1.09. The Kier molecular flexibility index (Phi) is 3.13. The van der Waals surface area contributed by atoms with E-state index >= 15 is 0 Å². The van der Waals surface area contributed by atoms with Crippen LogP contribution < -0.4 is 0 Å². The molecule has 5 heteroatoms. The van der Waals surface area contributed by atoms with Gasteiger partial charge in [0.05, 0.1) is 23.5 Å². The minimum atomic E-state index is -0.318. The van der Waals surface area contributed by atoms with Crippen LogP contribution in [0.1, 0.15) is 12.6 Å². The van der Waals surface area contributed by atoms with Gasteiger partial charge in [-0.25, -0.2) is 9.78 Å². The third-order valence-electron chi connectivity index (χ3n) is 2.70. The Morgan fingerprint density at radius 2 is 2.42 bits per heavy atom. The maximum absolute atomic E-state index is 11.3. The Hall–Kier alpha value is -2.01. The summed E-state index contributed by atoms with van der Waals surface area (Å²) in [6, 6.07) is 5.99. The van der Waals surface area contributed by atoms with Crippen LogP contribution in [0.3, 0.4) is 0 Å². The van der Waals surface area contributed by atoms with Gasteiger partial charge in [0.25, 0.3) is 0 Å². The SMILES string of the molecule is CCOC(=O)/C=C/C1=Cc2cnc3cccc(n23)S1. The van der Waals surface area contributed by atoms with Crippen molar-refractivity contribution in [3.05, 3.63) is 47.1 Å². The van der Waals surface area contributed by atoms with E-state index in [9.17, 15) is 4.79 Å². The summed E-state index contributed by atoms with van der Waals surface area (Å²) >= 11 is 1.60. The Morgan fingerprint density at radius 3 is 3.26 bits per heavy atom. The molecule has 0 saturated carbocycles. The number of hydrogen-bond donors (Lipinski definition) is 0. The van der Waals surface area contributed by atoms with Gasteiger partial charge in [0.2, 0.25) is 0 Å². The number of pyridine rings is 1. The molecule has 2 aromatic rings. The molecular formula is C14H12N2O2S. The summed E-state index contributed by atoms with van der Waals surface area (Å²) in [6.07, 6.45) is 7.07. The lowest BCUT2D eigenvalue weighted by Gasteiger charge is -2.12. The predicted molar refractivity (Wildman–Crippen MR) is 74.8 cm³/mol. The zero-order valence-corrected chi connectivity index (χ0v) is 11.2. The van der Waals surface area contributed by atoms with E-state index in [2.05, 4.69) is 9.38 Å². The third-order valence-corrected chi connectivity index (χ3v) is 3.72. The van der Waals surface area contributed by atoms with Crippen LogP contribution in [0.4, 0.5) is 0 Å². The van der Waals surface area contributed by atoms with Gasteiger partial charge in [-0.05, 0) is 31.2 Å². The fourth-order valence-electron chi connectivity index (χ4n) is 1.93. The molecule has 0 unspecified atom stereocenters. The van der Waals surface area contributed by atoms with Crippen molar-refractivity contribution in [3.63, 3.8) is 0 Å². The number of ether oxygens (including phenoxy) is 1. The average molecular weight is 272 g/mol. The van der Waals surface area contributed by atoms with Crippen molar-refractivity contribution >= 4 is 29.5 Å². The van der Waals surface area contributed by atoms with Gasteiger partial charge in [-0.3, -0.25) is 4.40 Å². The van der Waals surface area contributed by atoms with E-state index in [1.54, 1.807) is 24.8 Å². The van der Waals surface area contributed by atoms with Crippen LogP contribution in [-0.2, 0) is 9.53 Å². The number of carbonyl (C=O) groups excluding carboxylic acids is 1. The molecule has 0 N–H and O–H groups in total. The number of hydrogen-bond acceptors (Lipinski definition) is 4. The van der Waals surface area contributed by atoms with Crippen LogP contribution >= 0.6 is 11.8 Å². The van der Waals surface area contributed by atoms with Gasteiger partial charge in [0.15, 0.2) is 0 Å². The molecular weight excluding hydrogens is 260 g/mol. The highest BCUT2D eigenvalue weighted by molar-refractivity contribution is 8.03. The summed E-state index contributed by atoms with van der Waals surface area (Å²) in [5.74, 6) is -0.318. The topological polar surface area (TPSA) is 43.6 Å². The van der Waals surface area contributed by atoms with E-state index in [-0.39, 0.29) is 5.97 Å². The molecule has 0 aliphatic carbocycles. The zero-order valence-electron chi connectivity index (χ0n) is 10.4. The van der Waals surface area contributed by atoms with Crippen molar-refractivity contribution in [1.82, 2.24) is 9.38 Å². The van der Waals surface area contributed by atoms with Crippen LogP contribution in [0.15, 0.2) is 46.5 Å². The van der Waals surface area contributed by atoms with Crippen molar-refractivity contribution in [2.75, 3.05) is 6.61 Å². The van der Waals surface area contributed by atoms with E-state index < -0.39 is 0 Å². The van der Waals surface area contributed by atoms with Crippen LogP contribution in [-0.4, -0.2) is 22.0 Å². The highest BCUT2D eigenvalue weighted by atomic mass is 32.2. The molecule has 4 nitrogen and oxygen atoms in total.